The third-order valence-corrected chi connectivity index (χ3v) is 8.96. The number of carbonyl (C=O) groups excluding carboxylic acids is 1. The molecule has 2 aliphatic carbocycles. The van der Waals surface area contributed by atoms with Gasteiger partial charge in [0, 0.05) is 18.6 Å². The van der Waals surface area contributed by atoms with Crippen molar-refractivity contribution in [3.63, 3.8) is 0 Å². The molecule has 0 bridgehead atoms. The quantitative estimate of drug-likeness (QED) is 0.0745. The molecule has 2 N–H and O–H groups in total. The third-order valence-electron chi connectivity index (χ3n) is 7.87. The summed E-state index contributed by atoms with van der Waals surface area (Å²) in [5.41, 5.74) is 1.89. The molecule has 0 heterocycles. The second kappa shape index (κ2) is 15.5. The fourth-order valence-corrected chi connectivity index (χ4v) is 6.83. The standard InChI is InChI=1S/C31H47O9P/c1-6-10-24-20-27(32)29(26-19-23(4)11-12-25(26)22(2)3)28(21-24)39-30(33)31(13-8-7-9-14-31)40-41(34,35)38-18-17-37-16-15-36-5/h19-21,25-26,32H,2,6-18H2,1,3-5H3,(H,34,35)/t25-,26+/m0/s1. The minimum absolute atomic E-state index is 0.0594. The zero-order valence-electron chi connectivity index (χ0n) is 25.0. The first kappa shape index (κ1) is 33.5. The Kier molecular flexibility index (Phi) is 12.6. The van der Waals surface area contributed by atoms with Crippen molar-refractivity contribution >= 4 is 13.8 Å². The van der Waals surface area contributed by atoms with Crippen molar-refractivity contribution in [1.82, 2.24) is 0 Å². The Morgan fingerprint density at radius 3 is 2.51 bits per heavy atom. The summed E-state index contributed by atoms with van der Waals surface area (Å²) in [5, 5.41) is 11.3. The number of phenols is 1. The minimum atomic E-state index is -4.62. The number of aromatic hydroxyl groups is 1. The van der Waals surface area contributed by atoms with Crippen LogP contribution in [0.3, 0.4) is 0 Å². The van der Waals surface area contributed by atoms with Gasteiger partial charge in [-0.1, -0.05) is 43.6 Å². The van der Waals surface area contributed by atoms with Gasteiger partial charge in [0.1, 0.15) is 11.5 Å². The number of aryl methyl sites for hydroxylation is 1. The van der Waals surface area contributed by atoms with Crippen LogP contribution in [-0.2, 0) is 34.3 Å². The van der Waals surface area contributed by atoms with Crippen molar-refractivity contribution in [2.75, 3.05) is 33.5 Å². The Labute approximate surface area is 244 Å². The highest BCUT2D eigenvalue weighted by Crippen LogP contribution is 2.52. The molecule has 1 fully saturated rings. The van der Waals surface area contributed by atoms with E-state index < -0.39 is 19.4 Å². The highest BCUT2D eigenvalue weighted by molar-refractivity contribution is 7.47. The van der Waals surface area contributed by atoms with Crippen LogP contribution < -0.4 is 4.74 Å². The molecule has 3 rings (SSSR count). The number of phosphoric ester groups is 1. The van der Waals surface area contributed by atoms with Gasteiger partial charge >= 0.3 is 13.8 Å². The molecule has 0 saturated heterocycles. The van der Waals surface area contributed by atoms with Crippen LogP contribution >= 0.6 is 7.82 Å². The van der Waals surface area contributed by atoms with Crippen LogP contribution in [0.2, 0.25) is 0 Å². The smallest absolute Gasteiger partial charge is 0.473 e. The maximum Gasteiger partial charge on any atom is 0.473 e. The molecular formula is C31H47O9P. The normalized spacial score (nSPS) is 22.0. The lowest BCUT2D eigenvalue weighted by atomic mass is 9.73. The zero-order chi connectivity index (χ0) is 30.0. The SMILES string of the molecule is C=C(C)[C@@H]1CCC(C)=C[C@H]1c1c(O)cc(CCC)cc1OC(=O)C1(OP(=O)(O)OCCOCCOC)CCCCC1. The predicted molar refractivity (Wildman–Crippen MR) is 157 cm³/mol. The summed E-state index contributed by atoms with van der Waals surface area (Å²) in [6.45, 7) is 10.9. The topological polar surface area (TPSA) is 121 Å². The van der Waals surface area contributed by atoms with E-state index in [1.807, 2.05) is 13.8 Å². The van der Waals surface area contributed by atoms with Crippen molar-refractivity contribution < 1.29 is 42.6 Å². The summed E-state index contributed by atoms with van der Waals surface area (Å²) in [7, 11) is -3.07. The molecule has 1 aromatic rings. The van der Waals surface area contributed by atoms with E-state index in [1.165, 1.54) is 5.57 Å². The Bertz CT molecular complexity index is 1120. The average Bonchev–Trinajstić information content (AvgIpc) is 2.90. The number of hydrogen-bond acceptors (Lipinski definition) is 8. The molecule has 0 aromatic heterocycles. The largest absolute Gasteiger partial charge is 0.507 e. The molecule has 9 nitrogen and oxygen atoms in total. The maximum atomic E-state index is 13.9. The second-order valence-corrected chi connectivity index (χ2v) is 12.6. The van der Waals surface area contributed by atoms with E-state index in [2.05, 4.69) is 19.6 Å². The molecule has 0 aliphatic heterocycles. The summed E-state index contributed by atoms with van der Waals surface area (Å²) in [6, 6.07) is 3.54. The number of carbonyl (C=O) groups is 1. The van der Waals surface area contributed by atoms with Crippen molar-refractivity contribution in [2.45, 2.75) is 90.1 Å². The highest BCUT2D eigenvalue weighted by atomic mass is 31.2. The molecule has 1 aromatic carbocycles. The number of esters is 1. The molecule has 1 saturated carbocycles. The zero-order valence-corrected chi connectivity index (χ0v) is 25.9. The molecule has 0 radical (unpaired) electrons. The van der Waals surface area contributed by atoms with Gasteiger partial charge < -0.3 is 24.2 Å². The molecule has 0 spiro atoms. The number of phenolic OH excluding ortho intramolecular Hbond substituents is 1. The fraction of sp³-hybridized carbons (Fsp3) is 0.645. The minimum Gasteiger partial charge on any atom is -0.507 e. The van der Waals surface area contributed by atoms with Crippen LogP contribution in [0, 0.1) is 5.92 Å². The van der Waals surface area contributed by atoms with E-state index in [-0.39, 0.29) is 49.4 Å². The van der Waals surface area contributed by atoms with Crippen molar-refractivity contribution in [1.29, 1.82) is 0 Å². The fourth-order valence-electron chi connectivity index (χ4n) is 5.78. The van der Waals surface area contributed by atoms with E-state index in [0.29, 0.717) is 38.0 Å². The monoisotopic (exact) mass is 594 g/mol. The first-order valence-corrected chi connectivity index (χ1v) is 16.2. The van der Waals surface area contributed by atoms with Crippen LogP contribution in [0.25, 0.3) is 0 Å². The lowest BCUT2D eigenvalue weighted by Crippen LogP contribution is -2.45. The van der Waals surface area contributed by atoms with Crippen LogP contribution in [0.5, 0.6) is 11.5 Å². The molecule has 0 amide bonds. The summed E-state index contributed by atoms with van der Waals surface area (Å²) in [4.78, 5) is 24.5. The molecular weight excluding hydrogens is 547 g/mol. The van der Waals surface area contributed by atoms with Crippen LogP contribution in [-0.4, -0.2) is 55.1 Å². The molecule has 2 aliphatic rings. The number of benzene rings is 1. The lowest BCUT2D eigenvalue weighted by molar-refractivity contribution is -0.157. The van der Waals surface area contributed by atoms with Crippen LogP contribution in [0.15, 0.2) is 35.9 Å². The van der Waals surface area contributed by atoms with Crippen LogP contribution in [0.1, 0.15) is 89.2 Å². The van der Waals surface area contributed by atoms with Gasteiger partial charge in [-0.2, -0.15) is 0 Å². The highest BCUT2D eigenvalue weighted by Gasteiger charge is 2.48. The van der Waals surface area contributed by atoms with E-state index >= 15 is 0 Å². The van der Waals surface area contributed by atoms with Crippen molar-refractivity contribution in [3.05, 3.63) is 47.1 Å². The van der Waals surface area contributed by atoms with Gasteiger partial charge in [-0.15, -0.1) is 0 Å². The van der Waals surface area contributed by atoms with Gasteiger partial charge in [0.15, 0.2) is 5.60 Å². The maximum absolute atomic E-state index is 13.9. The van der Waals surface area contributed by atoms with Gasteiger partial charge in [0.2, 0.25) is 0 Å². The number of allylic oxidation sites excluding steroid dienone is 3. The third kappa shape index (κ3) is 9.24. The van der Waals surface area contributed by atoms with Gasteiger partial charge in [-0.25, -0.2) is 9.36 Å². The average molecular weight is 595 g/mol. The summed E-state index contributed by atoms with van der Waals surface area (Å²) >= 11 is 0. The Morgan fingerprint density at radius 1 is 1.15 bits per heavy atom. The van der Waals surface area contributed by atoms with Gasteiger partial charge in [-0.05, 0) is 82.4 Å². The first-order chi connectivity index (χ1) is 19.5. The number of hydrogen-bond donors (Lipinski definition) is 2. The van der Waals surface area contributed by atoms with Crippen molar-refractivity contribution in [2.24, 2.45) is 5.92 Å². The van der Waals surface area contributed by atoms with Crippen molar-refractivity contribution in [3.8, 4) is 11.5 Å². The molecule has 1 unspecified atom stereocenters. The second-order valence-electron chi connectivity index (χ2n) is 11.2. The Morgan fingerprint density at radius 2 is 1.85 bits per heavy atom. The first-order valence-electron chi connectivity index (χ1n) is 14.7. The van der Waals surface area contributed by atoms with Gasteiger partial charge in [0.05, 0.1) is 26.4 Å². The number of ether oxygens (including phenoxy) is 3. The Balaban J connectivity index is 1.92. The van der Waals surface area contributed by atoms with Crippen LogP contribution in [0.4, 0.5) is 0 Å². The molecule has 230 valence electrons. The molecule has 3 atom stereocenters. The number of methoxy groups -OCH3 is 1. The van der Waals surface area contributed by atoms with E-state index in [1.54, 1.807) is 19.2 Å². The van der Waals surface area contributed by atoms with Gasteiger partial charge in [0.25, 0.3) is 0 Å². The Hall–Kier alpha value is -2.00. The predicted octanol–water partition coefficient (Wildman–Crippen LogP) is 6.77. The summed E-state index contributed by atoms with van der Waals surface area (Å²) in [5.74, 6) is -0.618. The number of rotatable bonds is 15. The van der Waals surface area contributed by atoms with E-state index in [9.17, 15) is 19.4 Å². The molecule has 41 heavy (non-hydrogen) atoms. The lowest BCUT2D eigenvalue weighted by Gasteiger charge is -2.36. The van der Waals surface area contributed by atoms with E-state index in [0.717, 1.165) is 36.8 Å². The number of phosphoric acid groups is 1. The molecule has 10 heteroatoms. The van der Waals surface area contributed by atoms with Gasteiger partial charge in [-0.3, -0.25) is 9.05 Å². The summed E-state index contributed by atoms with van der Waals surface area (Å²) in [6.07, 6.45) is 8.02. The summed E-state index contributed by atoms with van der Waals surface area (Å²) < 4.78 is 40.0. The van der Waals surface area contributed by atoms with E-state index in [4.69, 9.17) is 23.3 Å².